The molecule has 0 radical (unpaired) electrons. The third-order valence-electron chi connectivity index (χ3n) is 5.71. The summed E-state index contributed by atoms with van der Waals surface area (Å²) in [6.07, 6.45) is 3.48. The fourth-order valence-electron chi connectivity index (χ4n) is 3.92. The van der Waals surface area contributed by atoms with Crippen molar-refractivity contribution >= 4 is 29.5 Å². The fourth-order valence-corrected chi connectivity index (χ4v) is 4.16. The second-order valence-electron chi connectivity index (χ2n) is 7.82. The summed E-state index contributed by atoms with van der Waals surface area (Å²) in [5.74, 6) is -0.456. The lowest BCUT2D eigenvalue weighted by Gasteiger charge is -2.26. The number of halogens is 1. The minimum absolute atomic E-state index is 0.0428. The van der Waals surface area contributed by atoms with Crippen molar-refractivity contribution in [2.45, 2.75) is 20.8 Å². The Morgan fingerprint density at radius 2 is 1.86 bits per heavy atom. The van der Waals surface area contributed by atoms with E-state index in [1.54, 1.807) is 42.9 Å². The van der Waals surface area contributed by atoms with Crippen LogP contribution in [0.3, 0.4) is 0 Å². The molecular formula is C27H23ClN4O3. The number of hydrogen-bond donors (Lipinski definition) is 0. The average Bonchev–Trinajstić information content (AvgIpc) is 3.28. The summed E-state index contributed by atoms with van der Waals surface area (Å²) in [6.45, 7) is 5.84. The highest BCUT2D eigenvalue weighted by Crippen LogP contribution is 2.34. The van der Waals surface area contributed by atoms with Gasteiger partial charge in [-0.05, 0) is 62.8 Å². The van der Waals surface area contributed by atoms with Crippen molar-refractivity contribution in [1.29, 1.82) is 5.26 Å². The van der Waals surface area contributed by atoms with E-state index >= 15 is 0 Å². The van der Waals surface area contributed by atoms with Gasteiger partial charge in [0.25, 0.3) is 11.8 Å². The van der Waals surface area contributed by atoms with Gasteiger partial charge in [-0.25, -0.2) is 4.68 Å². The van der Waals surface area contributed by atoms with E-state index in [0.29, 0.717) is 34.2 Å². The number of aromatic nitrogens is 2. The lowest BCUT2D eigenvalue weighted by atomic mass is 9.93. The van der Waals surface area contributed by atoms with E-state index in [1.165, 1.54) is 0 Å². The Morgan fingerprint density at radius 1 is 1.11 bits per heavy atom. The van der Waals surface area contributed by atoms with Crippen LogP contribution in [0, 0.1) is 11.3 Å². The average molecular weight is 487 g/mol. The van der Waals surface area contributed by atoms with Crippen LogP contribution in [0.25, 0.3) is 23.0 Å². The number of para-hydroxylation sites is 1. The van der Waals surface area contributed by atoms with Gasteiger partial charge in [-0.15, -0.1) is 0 Å². The zero-order chi connectivity index (χ0) is 25.1. The van der Waals surface area contributed by atoms with Crippen molar-refractivity contribution in [3.8, 4) is 28.8 Å². The predicted octanol–water partition coefficient (Wildman–Crippen LogP) is 5.20. The molecule has 0 aliphatic carbocycles. The van der Waals surface area contributed by atoms with Crippen molar-refractivity contribution in [3.63, 3.8) is 0 Å². The van der Waals surface area contributed by atoms with Crippen molar-refractivity contribution in [2.24, 2.45) is 0 Å². The van der Waals surface area contributed by atoms with Crippen LogP contribution in [0.5, 0.6) is 5.75 Å². The number of likely N-dealkylation sites (N-methyl/N-ethyl adjacent to an activating group) is 1. The van der Waals surface area contributed by atoms with Crippen molar-refractivity contribution in [3.05, 3.63) is 82.0 Å². The van der Waals surface area contributed by atoms with Crippen molar-refractivity contribution < 1.29 is 14.3 Å². The van der Waals surface area contributed by atoms with Gasteiger partial charge in [-0.1, -0.05) is 29.8 Å². The monoisotopic (exact) mass is 486 g/mol. The summed E-state index contributed by atoms with van der Waals surface area (Å²) in [5, 5.41) is 14.8. The maximum absolute atomic E-state index is 13.2. The van der Waals surface area contributed by atoms with Crippen molar-refractivity contribution in [1.82, 2.24) is 14.7 Å². The Labute approximate surface area is 208 Å². The molecule has 4 rings (SSSR count). The smallest absolute Gasteiger partial charge is 0.271 e. The molecule has 0 N–H and O–H groups in total. The molecule has 176 valence electrons. The molecule has 0 spiro atoms. The molecule has 3 aromatic rings. The SMILES string of the molecule is CCOc1ccc(-c2nn(-c3ccccc3)cc2/C=C2/C(=O)N(CC)C(=O)C(C#N)=C2C)cc1Cl. The normalized spacial score (nSPS) is 15.1. The largest absolute Gasteiger partial charge is 0.492 e. The Hall–Kier alpha value is -4.15. The second-order valence-corrected chi connectivity index (χ2v) is 8.22. The Morgan fingerprint density at radius 3 is 2.49 bits per heavy atom. The van der Waals surface area contributed by atoms with Gasteiger partial charge in [0.15, 0.2) is 0 Å². The molecule has 8 heteroatoms. The van der Waals surface area contributed by atoms with Crippen LogP contribution in [0.1, 0.15) is 26.3 Å². The summed E-state index contributed by atoms with van der Waals surface area (Å²) in [5.41, 5.74) is 3.36. The summed E-state index contributed by atoms with van der Waals surface area (Å²) >= 11 is 6.45. The lowest BCUT2D eigenvalue weighted by molar-refractivity contribution is -0.140. The molecule has 0 saturated heterocycles. The highest BCUT2D eigenvalue weighted by Gasteiger charge is 2.34. The molecule has 0 bridgehead atoms. The topological polar surface area (TPSA) is 88.2 Å². The van der Waals surface area contributed by atoms with E-state index < -0.39 is 11.8 Å². The first-order valence-corrected chi connectivity index (χ1v) is 11.5. The van der Waals surface area contributed by atoms with E-state index in [4.69, 9.17) is 21.4 Å². The van der Waals surface area contributed by atoms with E-state index in [2.05, 4.69) is 0 Å². The molecule has 1 aliphatic heterocycles. The summed E-state index contributed by atoms with van der Waals surface area (Å²) in [7, 11) is 0. The number of carbonyl (C=O) groups excluding carboxylic acids is 2. The van der Waals surface area contributed by atoms with Crippen LogP contribution in [0.2, 0.25) is 5.02 Å². The maximum atomic E-state index is 13.2. The van der Waals surface area contributed by atoms with E-state index in [9.17, 15) is 14.9 Å². The first-order chi connectivity index (χ1) is 16.9. The van der Waals surface area contributed by atoms with Crippen LogP contribution in [0.4, 0.5) is 0 Å². The van der Waals surface area contributed by atoms with Crippen LogP contribution in [0.15, 0.2) is 71.4 Å². The highest BCUT2D eigenvalue weighted by molar-refractivity contribution is 6.32. The molecule has 35 heavy (non-hydrogen) atoms. The first-order valence-electron chi connectivity index (χ1n) is 11.2. The minimum atomic E-state index is -0.576. The van der Waals surface area contributed by atoms with E-state index in [1.807, 2.05) is 49.4 Å². The molecule has 1 aromatic heterocycles. The number of benzene rings is 2. The van der Waals surface area contributed by atoms with Crippen LogP contribution in [-0.4, -0.2) is 39.6 Å². The number of carbonyl (C=O) groups is 2. The van der Waals surface area contributed by atoms with Crippen LogP contribution in [-0.2, 0) is 9.59 Å². The highest BCUT2D eigenvalue weighted by atomic mass is 35.5. The van der Waals surface area contributed by atoms with E-state index in [0.717, 1.165) is 16.2 Å². The number of nitrogens with zero attached hydrogens (tertiary/aromatic N) is 4. The van der Waals surface area contributed by atoms with Gasteiger partial charge in [0.2, 0.25) is 0 Å². The van der Waals surface area contributed by atoms with Crippen LogP contribution < -0.4 is 4.74 Å². The number of rotatable bonds is 6. The van der Waals surface area contributed by atoms with Gasteiger partial charge in [-0.3, -0.25) is 14.5 Å². The third-order valence-corrected chi connectivity index (χ3v) is 6.01. The lowest BCUT2D eigenvalue weighted by Crippen LogP contribution is -2.42. The molecule has 1 aliphatic rings. The molecule has 0 saturated carbocycles. The van der Waals surface area contributed by atoms with Crippen LogP contribution >= 0.6 is 11.6 Å². The first kappa shape index (κ1) is 24.0. The zero-order valence-corrected chi connectivity index (χ0v) is 20.3. The Kier molecular flexibility index (Phi) is 6.85. The summed E-state index contributed by atoms with van der Waals surface area (Å²) in [4.78, 5) is 26.8. The Balaban J connectivity index is 1.92. The van der Waals surface area contributed by atoms with E-state index in [-0.39, 0.29) is 17.7 Å². The quantitative estimate of drug-likeness (QED) is 0.353. The summed E-state index contributed by atoms with van der Waals surface area (Å²) in [6, 6.07) is 16.9. The van der Waals surface area contributed by atoms with Gasteiger partial charge < -0.3 is 4.74 Å². The molecule has 2 aromatic carbocycles. The molecule has 7 nitrogen and oxygen atoms in total. The minimum Gasteiger partial charge on any atom is -0.492 e. The molecule has 0 fully saturated rings. The Bertz CT molecular complexity index is 1410. The number of ether oxygens (including phenoxy) is 1. The summed E-state index contributed by atoms with van der Waals surface area (Å²) < 4.78 is 7.27. The van der Waals surface area contributed by atoms with Gasteiger partial charge in [0.1, 0.15) is 23.1 Å². The third kappa shape index (κ3) is 4.48. The van der Waals surface area contributed by atoms with Gasteiger partial charge >= 0.3 is 0 Å². The van der Waals surface area contributed by atoms with Gasteiger partial charge in [0, 0.05) is 29.4 Å². The number of imide groups is 1. The van der Waals surface area contributed by atoms with Crippen molar-refractivity contribution in [2.75, 3.05) is 13.2 Å². The molecule has 0 atom stereocenters. The maximum Gasteiger partial charge on any atom is 0.271 e. The molecule has 2 heterocycles. The predicted molar refractivity (Wildman–Crippen MR) is 134 cm³/mol. The number of nitriles is 1. The van der Waals surface area contributed by atoms with Gasteiger partial charge in [0.05, 0.1) is 17.3 Å². The van der Waals surface area contributed by atoms with Gasteiger partial charge in [-0.2, -0.15) is 10.4 Å². The number of hydrogen-bond acceptors (Lipinski definition) is 5. The zero-order valence-electron chi connectivity index (χ0n) is 19.6. The molecular weight excluding hydrogens is 464 g/mol. The standard InChI is InChI=1S/C27H23ClN4O3/c1-4-31-26(33)21(17(3)22(15-29)27(31)34)13-19-16-32(20-9-7-6-8-10-20)30-25(19)18-11-12-24(35-5-2)23(28)14-18/h6-14,16H,4-5H2,1-3H3/b21-13+. The fraction of sp³-hybridized carbons (Fsp3) is 0.185. The molecule has 2 amide bonds. The molecule has 0 unspecified atom stereocenters. The second kappa shape index (κ2) is 10.00. The number of amides is 2.